The molecule has 0 spiro atoms. The van der Waals surface area contributed by atoms with Crippen molar-refractivity contribution in [1.29, 1.82) is 0 Å². The van der Waals surface area contributed by atoms with E-state index < -0.39 is 20.7 Å². The van der Waals surface area contributed by atoms with E-state index in [1.54, 1.807) is 19.1 Å². The molecule has 0 saturated heterocycles. The highest BCUT2D eigenvalue weighted by Gasteiger charge is 2.31. The molecular weight excluding hydrogens is 266 g/mol. The van der Waals surface area contributed by atoms with E-state index in [1.165, 1.54) is 0 Å². The Balaban J connectivity index is 1.80. The lowest BCUT2D eigenvalue weighted by atomic mass is 9.92. The van der Waals surface area contributed by atoms with Crippen molar-refractivity contribution >= 4 is 9.04 Å². The fraction of sp³-hybridized carbons (Fsp3) is 0.571. The average molecular weight is 286 g/mol. The van der Waals surface area contributed by atoms with Crippen LogP contribution in [0.15, 0.2) is 12.1 Å². The fourth-order valence-electron chi connectivity index (χ4n) is 2.15. The third-order valence-electron chi connectivity index (χ3n) is 3.35. The molecule has 1 aromatic carbocycles. The molecule has 0 amide bonds. The van der Waals surface area contributed by atoms with Crippen LogP contribution in [0.4, 0.5) is 8.78 Å². The van der Waals surface area contributed by atoms with Gasteiger partial charge in [0.25, 0.3) is 0 Å². The Kier molecular flexibility index (Phi) is 4.70. The molecule has 2 nitrogen and oxygen atoms in total. The second-order valence-corrected chi connectivity index (χ2v) is 7.75. The molecule has 1 aliphatic rings. The standard InChI is InChI=1S/C14H20F2O2Si/c1-9-4-5-10(14(16)13(9)15)8-17-11-6-12(7-11)18-19(2)3/h4-5,11-12,19H,6-8H2,1-3H3/t11-,12+. The first-order chi connectivity index (χ1) is 8.97. The molecular formula is C14H20F2O2Si. The summed E-state index contributed by atoms with van der Waals surface area (Å²) in [5.41, 5.74) is 0.603. The summed E-state index contributed by atoms with van der Waals surface area (Å²) in [5.74, 6) is -1.57. The molecule has 19 heavy (non-hydrogen) atoms. The van der Waals surface area contributed by atoms with Crippen molar-refractivity contribution in [3.05, 3.63) is 34.9 Å². The molecule has 0 heterocycles. The monoisotopic (exact) mass is 286 g/mol. The van der Waals surface area contributed by atoms with E-state index in [1.807, 2.05) is 0 Å². The first-order valence-electron chi connectivity index (χ1n) is 6.68. The number of aryl methyl sites for hydroxylation is 1. The van der Waals surface area contributed by atoms with Crippen LogP contribution in [0.1, 0.15) is 24.0 Å². The fourth-order valence-corrected chi connectivity index (χ4v) is 3.15. The van der Waals surface area contributed by atoms with Crippen LogP contribution in [-0.4, -0.2) is 21.2 Å². The molecule has 106 valence electrons. The number of hydrogen-bond acceptors (Lipinski definition) is 2. The van der Waals surface area contributed by atoms with Gasteiger partial charge >= 0.3 is 0 Å². The third-order valence-corrected chi connectivity index (χ3v) is 4.28. The SMILES string of the molecule is Cc1ccc(CO[C@H]2C[C@@H](O[SiH](C)C)C2)c(F)c1F. The van der Waals surface area contributed by atoms with Crippen molar-refractivity contribution < 1.29 is 17.9 Å². The molecule has 0 bridgehead atoms. The Morgan fingerprint density at radius 3 is 2.47 bits per heavy atom. The highest BCUT2D eigenvalue weighted by molar-refractivity contribution is 6.48. The van der Waals surface area contributed by atoms with Crippen LogP contribution in [0, 0.1) is 18.6 Å². The lowest BCUT2D eigenvalue weighted by molar-refractivity contribution is -0.0699. The van der Waals surface area contributed by atoms with Gasteiger partial charge in [-0.3, -0.25) is 0 Å². The molecule has 0 unspecified atom stereocenters. The lowest BCUT2D eigenvalue weighted by Gasteiger charge is -2.36. The zero-order chi connectivity index (χ0) is 14.0. The Bertz CT molecular complexity index is 445. The second kappa shape index (κ2) is 6.11. The summed E-state index contributed by atoms with van der Waals surface area (Å²) in [7, 11) is -0.987. The van der Waals surface area contributed by atoms with Crippen molar-refractivity contribution in [2.24, 2.45) is 0 Å². The van der Waals surface area contributed by atoms with E-state index in [4.69, 9.17) is 9.16 Å². The summed E-state index contributed by atoms with van der Waals surface area (Å²) in [6, 6.07) is 3.16. The van der Waals surface area contributed by atoms with Gasteiger partial charge in [0.2, 0.25) is 0 Å². The van der Waals surface area contributed by atoms with E-state index in [0.29, 0.717) is 11.7 Å². The first kappa shape index (κ1) is 14.6. The van der Waals surface area contributed by atoms with Crippen LogP contribution in [0.25, 0.3) is 0 Å². The molecule has 1 saturated carbocycles. The summed E-state index contributed by atoms with van der Waals surface area (Å²) in [6.45, 7) is 5.95. The summed E-state index contributed by atoms with van der Waals surface area (Å²) in [5, 5.41) is 0. The summed E-state index contributed by atoms with van der Waals surface area (Å²) in [6.07, 6.45) is 2.14. The topological polar surface area (TPSA) is 18.5 Å². The van der Waals surface area contributed by atoms with Gasteiger partial charge < -0.3 is 9.16 Å². The van der Waals surface area contributed by atoms with E-state index in [-0.39, 0.29) is 18.3 Å². The third kappa shape index (κ3) is 3.61. The van der Waals surface area contributed by atoms with Crippen LogP contribution in [0.2, 0.25) is 13.1 Å². The van der Waals surface area contributed by atoms with Crippen LogP contribution < -0.4 is 0 Å². The maximum atomic E-state index is 13.6. The second-order valence-electron chi connectivity index (χ2n) is 5.38. The van der Waals surface area contributed by atoms with E-state index in [9.17, 15) is 8.78 Å². The quantitative estimate of drug-likeness (QED) is 0.773. The van der Waals surface area contributed by atoms with Crippen molar-refractivity contribution in [3.63, 3.8) is 0 Å². The van der Waals surface area contributed by atoms with Crippen LogP contribution in [-0.2, 0) is 15.8 Å². The smallest absolute Gasteiger partial charge is 0.171 e. The summed E-state index contributed by atoms with van der Waals surface area (Å²) in [4.78, 5) is 0. The summed E-state index contributed by atoms with van der Waals surface area (Å²) < 4.78 is 38.3. The predicted octanol–water partition coefficient (Wildman–Crippen LogP) is 3.32. The Labute approximate surface area is 114 Å². The summed E-state index contributed by atoms with van der Waals surface area (Å²) >= 11 is 0. The minimum absolute atomic E-state index is 0.113. The zero-order valence-electron chi connectivity index (χ0n) is 11.6. The minimum atomic E-state index is -0.987. The van der Waals surface area contributed by atoms with Crippen molar-refractivity contribution in [2.45, 2.75) is 51.7 Å². The highest BCUT2D eigenvalue weighted by Crippen LogP contribution is 2.28. The van der Waals surface area contributed by atoms with Gasteiger partial charge in [-0.2, -0.15) is 0 Å². The zero-order valence-corrected chi connectivity index (χ0v) is 12.7. The van der Waals surface area contributed by atoms with Gasteiger partial charge in [0.15, 0.2) is 20.7 Å². The molecule has 2 rings (SSSR count). The molecule has 0 aromatic heterocycles. The van der Waals surface area contributed by atoms with Crippen LogP contribution in [0.3, 0.4) is 0 Å². The van der Waals surface area contributed by atoms with E-state index in [2.05, 4.69) is 13.1 Å². The number of benzene rings is 1. The average Bonchev–Trinajstić information content (AvgIpc) is 2.30. The van der Waals surface area contributed by atoms with Crippen molar-refractivity contribution in [1.82, 2.24) is 0 Å². The molecule has 0 atom stereocenters. The van der Waals surface area contributed by atoms with Gasteiger partial charge in [-0.25, -0.2) is 8.78 Å². The van der Waals surface area contributed by atoms with Gasteiger partial charge in [0, 0.05) is 11.7 Å². The maximum absolute atomic E-state index is 13.6. The molecule has 1 aliphatic carbocycles. The Morgan fingerprint density at radius 1 is 1.16 bits per heavy atom. The highest BCUT2D eigenvalue weighted by atomic mass is 28.3. The number of rotatable bonds is 5. The largest absolute Gasteiger partial charge is 0.417 e. The van der Waals surface area contributed by atoms with Gasteiger partial charge in [-0.1, -0.05) is 12.1 Å². The molecule has 1 fully saturated rings. The minimum Gasteiger partial charge on any atom is -0.417 e. The van der Waals surface area contributed by atoms with Gasteiger partial charge in [-0.05, 0) is 38.4 Å². The molecule has 5 heteroatoms. The molecule has 0 aliphatic heterocycles. The van der Waals surface area contributed by atoms with Crippen molar-refractivity contribution in [3.8, 4) is 0 Å². The number of ether oxygens (including phenoxy) is 1. The lowest BCUT2D eigenvalue weighted by Crippen LogP contribution is -2.39. The first-order valence-corrected chi connectivity index (χ1v) is 9.46. The van der Waals surface area contributed by atoms with Crippen molar-refractivity contribution in [2.75, 3.05) is 0 Å². The van der Waals surface area contributed by atoms with Gasteiger partial charge in [0.1, 0.15) is 0 Å². The van der Waals surface area contributed by atoms with Gasteiger partial charge in [-0.15, -0.1) is 0 Å². The van der Waals surface area contributed by atoms with Crippen LogP contribution in [0.5, 0.6) is 0 Å². The van der Waals surface area contributed by atoms with Gasteiger partial charge in [0.05, 0.1) is 12.7 Å². The van der Waals surface area contributed by atoms with E-state index >= 15 is 0 Å². The molecule has 0 radical (unpaired) electrons. The maximum Gasteiger partial charge on any atom is 0.171 e. The number of halogens is 2. The predicted molar refractivity (Wildman–Crippen MR) is 72.7 cm³/mol. The normalized spacial score (nSPS) is 22.6. The number of hydrogen-bond donors (Lipinski definition) is 0. The van der Waals surface area contributed by atoms with Crippen LogP contribution >= 0.6 is 0 Å². The Hall–Kier alpha value is -0.783. The molecule has 0 N–H and O–H groups in total. The van der Waals surface area contributed by atoms with E-state index in [0.717, 1.165) is 12.8 Å². The molecule has 1 aromatic rings. The Morgan fingerprint density at radius 2 is 1.84 bits per heavy atom.